The van der Waals surface area contributed by atoms with Crippen LogP contribution < -0.4 is 19.7 Å². The maximum absolute atomic E-state index is 5.36. The van der Waals surface area contributed by atoms with Crippen molar-refractivity contribution in [3.05, 3.63) is 30.0 Å². The number of methoxy groups -OCH3 is 2. The zero-order valence-electron chi connectivity index (χ0n) is 16.0. The summed E-state index contributed by atoms with van der Waals surface area (Å²) in [6, 6.07) is 7.71. The number of nitrogens with one attached hydrogen (secondary N) is 1. The van der Waals surface area contributed by atoms with Gasteiger partial charge < -0.3 is 24.6 Å². The number of hydrogen-bond acceptors (Lipinski definition) is 7. The summed E-state index contributed by atoms with van der Waals surface area (Å²) in [6.45, 7) is 9.40. The Kier molecular flexibility index (Phi) is 5.78. The van der Waals surface area contributed by atoms with Crippen LogP contribution in [0.5, 0.6) is 11.5 Å². The molecule has 1 aromatic carbocycles. The molecule has 0 bridgehead atoms. The number of hydrogen-bond donors (Lipinski definition) is 1. The fraction of sp³-hybridized carbons (Fsp3) is 0.474. The summed E-state index contributed by atoms with van der Waals surface area (Å²) in [5.74, 6) is 2.92. The molecule has 140 valence electrons. The molecule has 7 nitrogen and oxygen atoms in total. The maximum atomic E-state index is 5.36. The van der Waals surface area contributed by atoms with Gasteiger partial charge in [0.05, 0.1) is 14.2 Å². The topological polar surface area (TPSA) is 62.8 Å². The molecule has 1 saturated heterocycles. The number of piperazine rings is 1. The molecule has 0 aliphatic carbocycles. The second-order valence-electron chi connectivity index (χ2n) is 6.31. The second kappa shape index (κ2) is 8.23. The molecule has 26 heavy (non-hydrogen) atoms. The van der Waals surface area contributed by atoms with E-state index in [-0.39, 0.29) is 0 Å². The van der Waals surface area contributed by atoms with Crippen molar-refractivity contribution in [1.29, 1.82) is 0 Å². The van der Waals surface area contributed by atoms with Crippen LogP contribution in [0.3, 0.4) is 0 Å². The Bertz CT molecular complexity index is 745. The number of aromatic nitrogens is 2. The zero-order valence-corrected chi connectivity index (χ0v) is 16.0. The normalized spacial score (nSPS) is 15.0. The van der Waals surface area contributed by atoms with Crippen LogP contribution in [0.15, 0.2) is 24.3 Å². The van der Waals surface area contributed by atoms with Crippen molar-refractivity contribution in [3.63, 3.8) is 0 Å². The van der Waals surface area contributed by atoms with Gasteiger partial charge in [-0.3, -0.25) is 0 Å². The lowest BCUT2D eigenvalue weighted by Crippen LogP contribution is -2.46. The Hall–Kier alpha value is -2.54. The van der Waals surface area contributed by atoms with E-state index in [0.717, 1.165) is 49.9 Å². The predicted molar refractivity (Wildman–Crippen MR) is 104 cm³/mol. The summed E-state index contributed by atoms with van der Waals surface area (Å²) in [4.78, 5) is 14.0. The molecule has 2 aromatic rings. The van der Waals surface area contributed by atoms with Gasteiger partial charge in [-0.25, -0.2) is 4.98 Å². The van der Waals surface area contributed by atoms with Crippen molar-refractivity contribution < 1.29 is 9.47 Å². The van der Waals surface area contributed by atoms with Gasteiger partial charge in [-0.15, -0.1) is 0 Å². The fourth-order valence-electron chi connectivity index (χ4n) is 3.11. The van der Waals surface area contributed by atoms with Gasteiger partial charge in [0.1, 0.15) is 5.82 Å². The third kappa shape index (κ3) is 4.16. The van der Waals surface area contributed by atoms with Crippen LogP contribution in [0, 0.1) is 6.92 Å². The SMILES string of the molecule is CCN1CCN(c2cc(C)nc(Nc3ccc(OC)c(OC)c3)n2)CC1. The van der Waals surface area contributed by atoms with Gasteiger partial charge in [0, 0.05) is 49.7 Å². The van der Waals surface area contributed by atoms with E-state index < -0.39 is 0 Å². The fourth-order valence-corrected chi connectivity index (χ4v) is 3.11. The van der Waals surface area contributed by atoms with Gasteiger partial charge in [0.2, 0.25) is 5.95 Å². The van der Waals surface area contributed by atoms with Gasteiger partial charge >= 0.3 is 0 Å². The summed E-state index contributed by atoms with van der Waals surface area (Å²) in [6.07, 6.45) is 0. The van der Waals surface area contributed by atoms with Crippen LogP contribution in [0.2, 0.25) is 0 Å². The van der Waals surface area contributed by atoms with E-state index in [1.807, 2.05) is 31.2 Å². The van der Waals surface area contributed by atoms with Crippen LogP contribution in [0.1, 0.15) is 12.6 Å². The molecular weight excluding hydrogens is 330 g/mol. The maximum Gasteiger partial charge on any atom is 0.229 e. The lowest BCUT2D eigenvalue weighted by molar-refractivity contribution is 0.270. The lowest BCUT2D eigenvalue weighted by Gasteiger charge is -2.34. The van der Waals surface area contributed by atoms with E-state index in [1.165, 1.54) is 0 Å². The first-order valence-corrected chi connectivity index (χ1v) is 8.95. The van der Waals surface area contributed by atoms with Crippen molar-refractivity contribution in [1.82, 2.24) is 14.9 Å². The van der Waals surface area contributed by atoms with Crippen molar-refractivity contribution in [3.8, 4) is 11.5 Å². The molecule has 1 aliphatic rings. The Morgan fingerprint density at radius 1 is 1.00 bits per heavy atom. The molecular formula is C19H27N5O2. The third-order valence-corrected chi connectivity index (χ3v) is 4.62. The van der Waals surface area contributed by atoms with E-state index in [2.05, 4.69) is 27.0 Å². The summed E-state index contributed by atoms with van der Waals surface area (Å²) < 4.78 is 10.6. The Morgan fingerprint density at radius 3 is 2.38 bits per heavy atom. The molecule has 2 heterocycles. The lowest BCUT2D eigenvalue weighted by atomic mass is 10.2. The van der Waals surface area contributed by atoms with Crippen LogP contribution in [-0.2, 0) is 0 Å². The molecule has 7 heteroatoms. The van der Waals surface area contributed by atoms with E-state index >= 15 is 0 Å². The largest absolute Gasteiger partial charge is 0.493 e. The molecule has 1 fully saturated rings. The van der Waals surface area contributed by atoms with E-state index in [4.69, 9.17) is 14.5 Å². The second-order valence-corrected chi connectivity index (χ2v) is 6.31. The number of ether oxygens (including phenoxy) is 2. The predicted octanol–water partition coefficient (Wildman–Crippen LogP) is 2.69. The molecule has 0 radical (unpaired) electrons. The number of aryl methyl sites for hydroxylation is 1. The standard InChI is InChI=1S/C19H27N5O2/c1-5-23-8-10-24(11-9-23)18-12-14(2)20-19(22-18)21-15-6-7-16(25-3)17(13-15)26-4/h6-7,12-13H,5,8-11H2,1-4H3,(H,20,21,22). The van der Waals surface area contributed by atoms with Gasteiger partial charge in [0.15, 0.2) is 11.5 Å². The smallest absolute Gasteiger partial charge is 0.229 e. The Labute approximate surface area is 155 Å². The summed E-state index contributed by atoms with van der Waals surface area (Å²) >= 11 is 0. The van der Waals surface area contributed by atoms with E-state index in [9.17, 15) is 0 Å². The number of benzene rings is 1. The highest BCUT2D eigenvalue weighted by Gasteiger charge is 2.18. The van der Waals surface area contributed by atoms with E-state index in [0.29, 0.717) is 17.4 Å². The molecule has 0 saturated carbocycles. The molecule has 1 N–H and O–H groups in total. The summed E-state index contributed by atoms with van der Waals surface area (Å²) in [7, 11) is 3.25. The Morgan fingerprint density at radius 2 is 1.73 bits per heavy atom. The molecule has 0 amide bonds. The molecule has 1 aliphatic heterocycles. The highest BCUT2D eigenvalue weighted by atomic mass is 16.5. The minimum atomic E-state index is 0.588. The summed E-state index contributed by atoms with van der Waals surface area (Å²) in [5.41, 5.74) is 1.80. The van der Waals surface area contributed by atoms with Gasteiger partial charge in [0.25, 0.3) is 0 Å². The Balaban J connectivity index is 1.78. The van der Waals surface area contributed by atoms with Gasteiger partial charge in [-0.1, -0.05) is 6.92 Å². The summed E-state index contributed by atoms with van der Waals surface area (Å²) in [5, 5.41) is 3.28. The molecule has 1 aromatic heterocycles. The van der Waals surface area contributed by atoms with Crippen molar-refractivity contribution in [2.75, 3.05) is 57.2 Å². The first-order valence-electron chi connectivity index (χ1n) is 8.95. The number of nitrogens with zero attached hydrogens (tertiary/aromatic N) is 4. The highest BCUT2D eigenvalue weighted by molar-refractivity contribution is 5.61. The molecule has 0 unspecified atom stereocenters. The van der Waals surface area contributed by atoms with Crippen LogP contribution >= 0.6 is 0 Å². The zero-order chi connectivity index (χ0) is 18.5. The van der Waals surface area contributed by atoms with Crippen molar-refractivity contribution >= 4 is 17.5 Å². The van der Waals surface area contributed by atoms with Gasteiger partial charge in [-0.05, 0) is 25.6 Å². The van der Waals surface area contributed by atoms with Crippen molar-refractivity contribution in [2.45, 2.75) is 13.8 Å². The van der Waals surface area contributed by atoms with E-state index in [1.54, 1.807) is 14.2 Å². The van der Waals surface area contributed by atoms with Gasteiger partial charge in [-0.2, -0.15) is 4.98 Å². The van der Waals surface area contributed by atoms with Crippen molar-refractivity contribution in [2.24, 2.45) is 0 Å². The molecule has 0 spiro atoms. The average molecular weight is 357 g/mol. The third-order valence-electron chi connectivity index (χ3n) is 4.62. The first kappa shape index (κ1) is 18.3. The van der Waals surface area contributed by atoms with Crippen LogP contribution in [0.4, 0.5) is 17.5 Å². The molecule has 3 rings (SSSR count). The number of anilines is 3. The number of likely N-dealkylation sites (N-methyl/N-ethyl adjacent to an activating group) is 1. The average Bonchev–Trinajstić information content (AvgIpc) is 2.67. The first-order chi connectivity index (χ1) is 12.6. The number of rotatable bonds is 6. The molecule has 0 atom stereocenters. The monoisotopic (exact) mass is 357 g/mol. The minimum absolute atomic E-state index is 0.588. The quantitative estimate of drug-likeness (QED) is 0.853. The highest BCUT2D eigenvalue weighted by Crippen LogP contribution is 2.31. The minimum Gasteiger partial charge on any atom is -0.493 e. The van der Waals surface area contributed by atoms with Crippen LogP contribution in [-0.4, -0.2) is 61.8 Å². The van der Waals surface area contributed by atoms with Crippen LogP contribution in [0.25, 0.3) is 0 Å².